The van der Waals surface area contributed by atoms with Crippen LogP contribution in [0.4, 0.5) is 0 Å². The molecule has 0 spiro atoms. The van der Waals surface area contributed by atoms with Gasteiger partial charge in [-0.2, -0.15) is 9.40 Å². The monoisotopic (exact) mass is 442 g/mol. The summed E-state index contributed by atoms with van der Waals surface area (Å²) < 4.78 is 38.9. The number of aromatic amines is 1. The third-order valence-corrected chi connectivity index (χ3v) is 7.45. The number of hydrogen-bond acceptors (Lipinski definition) is 6. The molecule has 0 atom stereocenters. The smallest absolute Gasteiger partial charge is 0.275 e. The van der Waals surface area contributed by atoms with Crippen LogP contribution in [0.5, 0.6) is 11.5 Å². The molecule has 1 fully saturated rings. The zero-order valence-electron chi connectivity index (χ0n) is 16.8. The fourth-order valence-corrected chi connectivity index (χ4v) is 5.30. The summed E-state index contributed by atoms with van der Waals surface area (Å²) in [5.74, 6) is 0.793. The average Bonchev–Trinajstić information content (AvgIpc) is 3.08. The Labute approximate surface area is 179 Å². The number of nitrogens with one attached hydrogen (secondary N) is 1. The van der Waals surface area contributed by atoms with Gasteiger partial charge in [-0.05, 0) is 18.2 Å². The Balaban J connectivity index is 1.31. The number of piperazine rings is 1. The molecule has 162 valence electrons. The standard InChI is InChI=1S/C21H22N4O5S/c26-21(20-16-4-1-2-5-17(16)22-23-20)24-8-10-25(11-9-24)31(27,28)15-6-7-18-19(14-15)30-13-3-12-29-18/h1-2,4-7,14H,3,8-13H2,(H,22,23). The summed E-state index contributed by atoms with van der Waals surface area (Å²) in [6.07, 6.45) is 0.748. The van der Waals surface area contributed by atoms with Crippen LogP contribution in [0.1, 0.15) is 16.9 Å². The molecule has 0 unspecified atom stereocenters. The van der Waals surface area contributed by atoms with Crippen LogP contribution in [0.15, 0.2) is 47.4 Å². The normalized spacial score (nSPS) is 17.5. The van der Waals surface area contributed by atoms with Crippen molar-refractivity contribution < 1.29 is 22.7 Å². The van der Waals surface area contributed by atoms with Crippen molar-refractivity contribution in [3.63, 3.8) is 0 Å². The third kappa shape index (κ3) is 3.61. The number of aromatic nitrogens is 2. The molecule has 2 aliphatic heterocycles. The van der Waals surface area contributed by atoms with Gasteiger partial charge < -0.3 is 14.4 Å². The summed E-state index contributed by atoms with van der Waals surface area (Å²) in [6.45, 7) is 2.04. The second kappa shape index (κ2) is 7.86. The van der Waals surface area contributed by atoms with Gasteiger partial charge in [-0.25, -0.2) is 8.42 Å². The summed E-state index contributed by atoms with van der Waals surface area (Å²) in [4.78, 5) is 14.7. The molecular weight excluding hydrogens is 420 g/mol. The quantitative estimate of drug-likeness (QED) is 0.664. The number of carbonyl (C=O) groups excluding carboxylic acids is 1. The van der Waals surface area contributed by atoms with E-state index in [1.54, 1.807) is 11.0 Å². The summed E-state index contributed by atoms with van der Waals surface area (Å²) in [7, 11) is -3.71. The molecular formula is C21H22N4O5S. The molecule has 2 aliphatic rings. The van der Waals surface area contributed by atoms with E-state index in [1.165, 1.54) is 16.4 Å². The second-order valence-corrected chi connectivity index (χ2v) is 9.41. The number of benzene rings is 2. The Morgan fingerprint density at radius 2 is 1.71 bits per heavy atom. The van der Waals surface area contributed by atoms with Crippen LogP contribution >= 0.6 is 0 Å². The van der Waals surface area contributed by atoms with Gasteiger partial charge in [0.2, 0.25) is 10.0 Å². The first-order valence-corrected chi connectivity index (χ1v) is 11.6. The Hall–Kier alpha value is -3.11. The van der Waals surface area contributed by atoms with Crippen molar-refractivity contribution in [1.82, 2.24) is 19.4 Å². The van der Waals surface area contributed by atoms with Gasteiger partial charge in [-0.15, -0.1) is 0 Å². The van der Waals surface area contributed by atoms with Crippen LogP contribution < -0.4 is 9.47 Å². The van der Waals surface area contributed by atoms with E-state index < -0.39 is 10.0 Å². The van der Waals surface area contributed by atoms with Gasteiger partial charge in [0.05, 0.1) is 23.6 Å². The Morgan fingerprint density at radius 1 is 0.968 bits per heavy atom. The van der Waals surface area contributed by atoms with Gasteiger partial charge in [0.15, 0.2) is 17.2 Å². The van der Waals surface area contributed by atoms with Gasteiger partial charge in [-0.1, -0.05) is 18.2 Å². The van der Waals surface area contributed by atoms with Gasteiger partial charge in [0.1, 0.15) is 0 Å². The summed E-state index contributed by atoms with van der Waals surface area (Å²) >= 11 is 0. The predicted molar refractivity (Wildman–Crippen MR) is 113 cm³/mol. The molecule has 3 aromatic rings. The number of amides is 1. The van der Waals surface area contributed by atoms with Crippen molar-refractivity contribution in [2.45, 2.75) is 11.3 Å². The molecule has 1 amide bonds. The van der Waals surface area contributed by atoms with Crippen molar-refractivity contribution in [2.24, 2.45) is 0 Å². The van der Waals surface area contributed by atoms with E-state index >= 15 is 0 Å². The summed E-state index contributed by atoms with van der Waals surface area (Å²) in [5, 5.41) is 7.79. The molecule has 0 saturated carbocycles. The number of para-hydroxylation sites is 1. The van der Waals surface area contributed by atoms with Crippen molar-refractivity contribution in [3.05, 3.63) is 48.2 Å². The summed E-state index contributed by atoms with van der Waals surface area (Å²) in [6, 6.07) is 12.1. The SMILES string of the molecule is O=C(c1n[nH]c2ccccc12)N1CCN(S(=O)(=O)c2ccc3c(c2)OCCCO3)CC1. The zero-order chi connectivity index (χ0) is 21.4. The lowest BCUT2D eigenvalue weighted by atomic mass is 10.2. The van der Waals surface area contributed by atoms with Crippen LogP contribution in [0, 0.1) is 0 Å². The predicted octanol–water partition coefficient (Wildman–Crippen LogP) is 1.87. The number of sulfonamides is 1. The Morgan fingerprint density at radius 3 is 2.52 bits per heavy atom. The average molecular weight is 442 g/mol. The maximum atomic E-state index is 13.1. The van der Waals surface area contributed by atoms with E-state index in [-0.39, 0.29) is 23.9 Å². The lowest BCUT2D eigenvalue weighted by Gasteiger charge is -2.33. The molecule has 5 rings (SSSR count). The van der Waals surface area contributed by atoms with Crippen molar-refractivity contribution >= 4 is 26.8 Å². The van der Waals surface area contributed by atoms with Gasteiger partial charge in [0, 0.05) is 44.1 Å². The highest BCUT2D eigenvalue weighted by Gasteiger charge is 2.32. The van der Waals surface area contributed by atoms with Crippen LogP contribution in [-0.2, 0) is 10.0 Å². The maximum absolute atomic E-state index is 13.1. The molecule has 0 bridgehead atoms. The van der Waals surface area contributed by atoms with Crippen LogP contribution in [0.25, 0.3) is 10.9 Å². The first-order valence-electron chi connectivity index (χ1n) is 10.2. The molecule has 9 nitrogen and oxygen atoms in total. The lowest BCUT2D eigenvalue weighted by molar-refractivity contribution is 0.0694. The van der Waals surface area contributed by atoms with Crippen molar-refractivity contribution in [3.8, 4) is 11.5 Å². The second-order valence-electron chi connectivity index (χ2n) is 7.47. The Bertz CT molecular complexity index is 1230. The van der Waals surface area contributed by atoms with E-state index in [4.69, 9.17) is 9.47 Å². The van der Waals surface area contributed by atoms with Gasteiger partial charge in [0.25, 0.3) is 5.91 Å². The highest BCUT2D eigenvalue weighted by Crippen LogP contribution is 2.33. The van der Waals surface area contributed by atoms with E-state index in [0.717, 1.165) is 17.3 Å². The fraction of sp³-hybridized carbons (Fsp3) is 0.333. The minimum absolute atomic E-state index is 0.162. The van der Waals surface area contributed by atoms with Crippen molar-refractivity contribution in [1.29, 1.82) is 0 Å². The van der Waals surface area contributed by atoms with E-state index in [1.807, 2.05) is 24.3 Å². The van der Waals surface area contributed by atoms with E-state index in [9.17, 15) is 13.2 Å². The topological polar surface area (TPSA) is 105 Å². The number of rotatable bonds is 3. The first kappa shape index (κ1) is 19.8. The lowest BCUT2D eigenvalue weighted by Crippen LogP contribution is -2.50. The molecule has 31 heavy (non-hydrogen) atoms. The fourth-order valence-electron chi connectivity index (χ4n) is 3.86. The zero-order valence-corrected chi connectivity index (χ0v) is 17.6. The minimum Gasteiger partial charge on any atom is -0.490 e. The number of fused-ring (bicyclic) bond motifs is 2. The first-order chi connectivity index (χ1) is 15.0. The number of carbonyl (C=O) groups is 1. The van der Waals surface area contributed by atoms with Crippen LogP contribution in [0.3, 0.4) is 0 Å². The number of nitrogens with zero attached hydrogens (tertiary/aromatic N) is 3. The molecule has 2 aromatic carbocycles. The van der Waals surface area contributed by atoms with Crippen molar-refractivity contribution in [2.75, 3.05) is 39.4 Å². The molecule has 0 aliphatic carbocycles. The van der Waals surface area contributed by atoms with E-state index in [0.29, 0.717) is 43.5 Å². The van der Waals surface area contributed by atoms with Gasteiger partial charge in [-0.3, -0.25) is 9.89 Å². The third-order valence-electron chi connectivity index (χ3n) is 5.56. The molecule has 1 saturated heterocycles. The molecule has 1 N–H and O–H groups in total. The summed E-state index contributed by atoms with van der Waals surface area (Å²) in [5.41, 5.74) is 1.15. The largest absolute Gasteiger partial charge is 0.490 e. The number of ether oxygens (including phenoxy) is 2. The molecule has 3 heterocycles. The molecule has 1 aromatic heterocycles. The molecule has 10 heteroatoms. The van der Waals surface area contributed by atoms with Crippen LogP contribution in [-0.4, -0.2) is 73.1 Å². The Kier molecular flexibility index (Phi) is 5.03. The number of hydrogen-bond donors (Lipinski definition) is 1. The minimum atomic E-state index is -3.71. The molecule has 0 radical (unpaired) electrons. The number of H-pyrrole nitrogens is 1. The van der Waals surface area contributed by atoms with Gasteiger partial charge >= 0.3 is 0 Å². The van der Waals surface area contributed by atoms with E-state index in [2.05, 4.69) is 10.2 Å². The highest BCUT2D eigenvalue weighted by atomic mass is 32.2. The van der Waals surface area contributed by atoms with Crippen LogP contribution in [0.2, 0.25) is 0 Å². The maximum Gasteiger partial charge on any atom is 0.275 e. The highest BCUT2D eigenvalue weighted by molar-refractivity contribution is 7.89.